The summed E-state index contributed by atoms with van der Waals surface area (Å²) in [7, 11) is 0. The van der Waals surface area contributed by atoms with Gasteiger partial charge in [0.2, 0.25) is 0 Å². The number of benzene rings is 4. The first kappa shape index (κ1) is 25.3. The predicted octanol–water partition coefficient (Wildman–Crippen LogP) is 7.80. The van der Waals surface area contributed by atoms with Crippen LogP contribution >= 0.6 is 0 Å². The summed E-state index contributed by atoms with van der Waals surface area (Å²) < 4.78 is 70.2. The molecule has 4 rings (SSSR count). The first-order valence-corrected chi connectivity index (χ1v) is 11.1. The maximum atomic E-state index is 15.0. The highest BCUT2D eigenvalue weighted by Gasteiger charge is 2.16. The first-order chi connectivity index (χ1) is 17.8. The number of hydrogen-bond acceptors (Lipinski definition) is 0. The van der Waals surface area contributed by atoms with E-state index in [1.54, 1.807) is 32.0 Å². The van der Waals surface area contributed by atoms with Crippen molar-refractivity contribution in [3.63, 3.8) is 0 Å². The fourth-order valence-corrected chi connectivity index (χ4v) is 3.61. The smallest absolute Gasteiger partial charge is 0.194 e. The van der Waals surface area contributed by atoms with Gasteiger partial charge in [-0.1, -0.05) is 35.8 Å². The second-order valence-corrected chi connectivity index (χ2v) is 8.05. The maximum Gasteiger partial charge on any atom is 0.194 e. The van der Waals surface area contributed by atoms with Crippen molar-refractivity contribution < 1.29 is 22.0 Å². The van der Waals surface area contributed by atoms with Gasteiger partial charge >= 0.3 is 0 Å². The van der Waals surface area contributed by atoms with Gasteiger partial charge < -0.3 is 0 Å². The molecule has 0 heterocycles. The lowest BCUT2D eigenvalue weighted by Crippen LogP contribution is -1.95. The van der Waals surface area contributed by atoms with E-state index in [0.717, 1.165) is 17.2 Å². The zero-order chi connectivity index (χ0) is 26.5. The van der Waals surface area contributed by atoms with E-state index in [4.69, 9.17) is 0 Å². The van der Waals surface area contributed by atoms with Crippen LogP contribution in [0.25, 0.3) is 22.3 Å². The van der Waals surface area contributed by atoms with E-state index in [9.17, 15) is 22.0 Å². The Morgan fingerprint density at radius 1 is 0.541 bits per heavy atom. The molecule has 0 unspecified atom stereocenters. The highest BCUT2D eigenvalue weighted by atomic mass is 19.2. The van der Waals surface area contributed by atoms with Gasteiger partial charge in [0, 0.05) is 27.8 Å². The molecule has 0 aliphatic heterocycles. The topological polar surface area (TPSA) is 0 Å². The van der Waals surface area contributed by atoms with Gasteiger partial charge in [0.1, 0.15) is 11.6 Å². The van der Waals surface area contributed by atoms with Crippen molar-refractivity contribution in [3.8, 4) is 57.8 Å². The molecule has 0 aliphatic rings. The minimum atomic E-state index is -1.63. The van der Waals surface area contributed by atoms with Crippen LogP contribution in [0.15, 0.2) is 66.7 Å². The standard InChI is InChI=1S/C32H17F5/c1-3-4-5-6-21-7-9-22(10-8-21)11-12-23-16-29(34)27(15-20(23)2)24-13-14-26(28(33)17-24)25-18-30(35)32(37)31(36)19-25/h7-10,13-19H,1-2H3. The number of rotatable bonds is 2. The molecule has 5 heteroatoms. The van der Waals surface area contributed by atoms with Crippen LogP contribution in [0, 0.1) is 71.5 Å². The molecule has 0 spiro atoms. The van der Waals surface area contributed by atoms with Gasteiger partial charge in [-0.25, -0.2) is 22.0 Å². The van der Waals surface area contributed by atoms with Crippen molar-refractivity contribution in [1.29, 1.82) is 0 Å². The molecular formula is C32H17F5. The summed E-state index contributed by atoms with van der Waals surface area (Å²) in [5.41, 5.74) is 2.73. The van der Waals surface area contributed by atoms with Crippen LogP contribution in [0.2, 0.25) is 0 Å². The quantitative estimate of drug-likeness (QED) is 0.151. The van der Waals surface area contributed by atoms with Gasteiger partial charge in [-0.3, -0.25) is 0 Å². The summed E-state index contributed by atoms with van der Waals surface area (Å²) in [5, 5.41) is 0. The van der Waals surface area contributed by atoms with Gasteiger partial charge in [0.15, 0.2) is 17.5 Å². The molecule has 0 saturated heterocycles. The van der Waals surface area contributed by atoms with Crippen LogP contribution in [-0.4, -0.2) is 0 Å². The summed E-state index contributed by atoms with van der Waals surface area (Å²) >= 11 is 0. The fourth-order valence-electron chi connectivity index (χ4n) is 3.61. The molecule has 0 nitrogen and oxygen atoms in total. The van der Waals surface area contributed by atoms with Gasteiger partial charge in [-0.15, -0.1) is 0 Å². The fraction of sp³-hybridized carbons (Fsp3) is 0.0625. The lowest BCUT2D eigenvalue weighted by molar-refractivity contribution is 0.447. The highest BCUT2D eigenvalue weighted by Crippen LogP contribution is 2.32. The molecule has 4 aromatic rings. The van der Waals surface area contributed by atoms with Crippen LogP contribution in [0.5, 0.6) is 0 Å². The molecule has 0 fully saturated rings. The number of halogens is 5. The van der Waals surface area contributed by atoms with Gasteiger partial charge in [0.05, 0.1) is 0 Å². The Kier molecular flexibility index (Phi) is 7.43. The molecule has 0 amide bonds. The Morgan fingerprint density at radius 3 is 1.76 bits per heavy atom. The van der Waals surface area contributed by atoms with Gasteiger partial charge in [-0.05, 0) is 97.0 Å². The Morgan fingerprint density at radius 2 is 1.14 bits per heavy atom. The second kappa shape index (κ2) is 10.9. The van der Waals surface area contributed by atoms with Crippen molar-refractivity contribution in [2.45, 2.75) is 13.8 Å². The second-order valence-electron chi connectivity index (χ2n) is 8.05. The van der Waals surface area contributed by atoms with Crippen LogP contribution in [0.1, 0.15) is 29.2 Å². The molecule has 0 radical (unpaired) electrons. The van der Waals surface area contributed by atoms with Crippen molar-refractivity contribution in [2.75, 3.05) is 0 Å². The van der Waals surface area contributed by atoms with Gasteiger partial charge in [-0.2, -0.15) is 0 Å². The van der Waals surface area contributed by atoms with E-state index in [-0.39, 0.29) is 22.3 Å². The molecule has 0 bridgehead atoms. The minimum absolute atomic E-state index is 0.142. The third kappa shape index (κ3) is 5.72. The summed E-state index contributed by atoms with van der Waals surface area (Å²) in [6, 6.07) is 15.2. The highest BCUT2D eigenvalue weighted by molar-refractivity contribution is 5.72. The zero-order valence-corrected chi connectivity index (χ0v) is 19.7. The SMILES string of the molecule is CC#CC#Cc1ccc(C#Cc2cc(F)c(-c3ccc(-c4cc(F)c(F)c(F)c4)c(F)c3)cc2C)cc1. The molecule has 0 aliphatic carbocycles. The molecule has 0 atom stereocenters. The van der Waals surface area contributed by atoms with E-state index < -0.39 is 29.1 Å². The van der Waals surface area contributed by atoms with E-state index in [0.29, 0.717) is 23.3 Å². The average molecular weight is 496 g/mol. The molecule has 0 aromatic heterocycles. The molecule has 0 saturated carbocycles. The van der Waals surface area contributed by atoms with Crippen LogP contribution in [0.3, 0.4) is 0 Å². The lowest BCUT2D eigenvalue weighted by Gasteiger charge is -2.10. The van der Waals surface area contributed by atoms with E-state index in [1.807, 2.05) is 12.1 Å². The molecule has 4 aromatic carbocycles. The van der Waals surface area contributed by atoms with Crippen molar-refractivity contribution in [1.82, 2.24) is 0 Å². The van der Waals surface area contributed by atoms with Crippen LogP contribution in [0.4, 0.5) is 22.0 Å². The Labute approximate surface area is 211 Å². The maximum absolute atomic E-state index is 15.0. The van der Waals surface area contributed by atoms with E-state index in [1.165, 1.54) is 18.2 Å². The average Bonchev–Trinajstić information content (AvgIpc) is 2.88. The molecule has 180 valence electrons. The lowest BCUT2D eigenvalue weighted by atomic mass is 9.96. The summed E-state index contributed by atoms with van der Waals surface area (Å²) in [4.78, 5) is 0. The summed E-state index contributed by atoms with van der Waals surface area (Å²) in [6.07, 6.45) is 0. The number of hydrogen-bond donors (Lipinski definition) is 0. The first-order valence-electron chi connectivity index (χ1n) is 11.1. The Bertz CT molecular complexity index is 1670. The third-order valence-corrected chi connectivity index (χ3v) is 5.51. The van der Waals surface area contributed by atoms with E-state index in [2.05, 4.69) is 35.5 Å². The predicted molar refractivity (Wildman–Crippen MR) is 135 cm³/mol. The Hall–Kier alpha value is -4.79. The van der Waals surface area contributed by atoms with E-state index >= 15 is 0 Å². The van der Waals surface area contributed by atoms with Gasteiger partial charge in [0.25, 0.3) is 0 Å². The zero-order valence-electron chi connectivity index (χ0n) is 19.7. The largest absolute Gasteiger partial charge is 0.206 e. The Balaban J connectivity index is 1.61. The van der Waals surface area contributed by atoms with Crippen LogP contribution < -0.4 is 0 Å². The van der Waals surface area contributed by atoms with Crippen molar-refractivity contribution in [3.05, 3.63) is 118 Å². The molecule has 37 heavy (non-hydrogen) atoms. The number of aryl methyl sites for hydroxylation is 1. The molecular weight excluding hydrogens is 479 g/mol. The van der Waals surface area contributed by atoms with Crippen molar-refractivity contribution >= 4 is 0 Å². The molecule has 0 N–H and O–H groups in total. The minimum Gasteiger partial charge on any atom is -0.206 e. The monoisotopic (exact) mass is 496 g/mol. The summed E-state index contributed by atoms with van der Waals surface area (Å²) in [6.45, 7) is 3.47. The normalized spacial score (nSPS) is 9.92. The van der Waals surface area contributed by atoms with Crippen LogP contribution in [-0.2, 0) is 0 Å². The summed E-state index contributed by atoms with van der Waals surface area (Å²) in [5.74, 6) is 11.0. The van der Waals surface area contributed by atoms with Crippen molar-refractivity contribution in [2.24, 2.45) is 0 Å². The third-order valence-electron chi connectivity index (χ3n) is 5.51.